The minimum absolute atomic E-state index is 0.147. The average Bonchev–Trinajstić information content (AvgIpc) is 2.43. The molecule has 0 saturated carbocycles. The van der Waals surface area contributed by atoms with Gasteiger partial charge in [-0.3, -0.25) is 4.98 Å². The number of nitrogens with zero attached hydrogens (tertiary/aromatic N) is 1. The maximum absolute atomic E-state index is 4.32. The molecular formula is C16H18Br2N2. The quantitative estimate of drug-likeness (QED) is 0.767. The molecule has 20 heavy (non-hydrogen) atoms. The maximum atomic E-state index is 4.32. The van der Waals surface area contributed by atoms with Crippen molar-refractivity contribution in [2.45, 2.75) is 26.3 Å². The van der Waals surface area contributed by atoms with Crippen LogP contribution in [-0.2, 0) is 0 Å². The van der Waals surface area contributed by atoms with E-state index in [1.54, 1.807) is 0 Å². The van der Waals surface area contributed by atoms with Gasteiger partial charge in [0, 0.05) is 21.3 Å². The second-order valence-corrected chi connectivity index (χ2v) is 6.62. The van der Waals surface area contributed by atoms with Crippen molar-refractivity contribution in [3.05, 3.63) is 62.3 Å². The summed E-state index contributed by atoms with van der Waals surface area (Å²) < 4.78 is 2.19. The highest BCUT2D eigenvalue weighted by Gasteiger charge is 2.17. The molecule has 106 valence electrons. The molecule has 0 aliphatic rings. The topological polar surface area (TPSA) is 24.9 Å². The van der Waals surface area contributed by atoms with Crippen molar-refractivity contribution in [3.63, 3.8) is 0 Å². The van der Waals surface area contributed by atoms with Crippen LogP contribution in [0.25, 0.3) is 0 Å². The highest BCUT2D eigenvalue weighted by atomic mass is 79.9. The van der Waals surface area contributed by atoms with Gasteiger partial charge >= 0.3 is 0 Å². The fourth-order valence-electron chi connectivity index (χ4n) is 2.17. The van der Waals surface area contributed by atoms with E-state index in [4.69, 9.17) is 0 Å². The van der Waals surface area contributed by atoms with E-state index in [2.05, 4.69) is 74.2 Å². The van der Waals surface area contributed by atoms with E-state index in [9.17, 15) is 0 Å². The third-order valence-corrected chi connectivity index (χ3v) is 4.31. The number of aryl methyl sites for hydroxylation is 1. The molecule has 0 amide bonds. The summed E-state index contributed by atoms with van der Waals surface area (Å²) in [5.74, 6) is 0. The number of rotatable bonds is 5. The molecule has 0 aliphatic carbocycles. The Morgan fingerprint density at radius 2 is 2.00 bits per heavy atom. The monoisotopic (exact) mass is 396 g/mol. The van der Waals surface area contributed by atoms with Crippen LogP contribution in [0, 0.1) is 6.92 Å². The highest BCUT2D eigenvalue weighted by molar-refractivity contribution is 9.11. The van der Waals surface area contributed by atoms with Crippen LogP contribution in [-0.4, -0.2) is 11.5 Å². The van der Waals surface area contributed by atoms with Gasteiger partial charge in [-0.2, -0.15) is 0 Å². The lowest BCUT2D eigenvalue weighted by atomic mass is 9.99. The number of aromatic nitrogens is 1. The Hall–Kier alpha value is -0.710. The molecule has 0 radical (unpaired) electrons. The molecule has 0 saturated heterocycles. The molecule has 1 atom stereocenters. The van der Waals surface area contributed by atoms with Crippen LogP contribution in [0.2, 0.25) is 0 Å². The fourth-order valence-corrected chi connectivity index (χ4v) is 3.02. The highest BCUT2D eigenvalue weighted by Crippen LogP contribution is 2.31. The summed E-state index contributed by atoms with van der Waals surface area (Å²) in [5, 5.41) is 3.61. The van der Waals surface area contributed by atoms with E-state index in [-0.39, 0.29) is 6.04 Å². The Morgan fingerprint density at radius 3 is 2.70 bits per heavy atom. The minimum atomic E-state index is 0.147. The van der Waals surface area contributed by atoms with E-state index in [0.717, 1.165) is 21.9 Å². The van der Waals surface area contributed by atoms with Gasteiger partial charge in [0.05, 0.1) is 6.04 Å². The Bertz CT molecular complexity index is 584. The van der Waals surface area contributed by atoms with Gasteiger partial charge in [-0.1, -0.05) is 44.8 Å². The van der Waals surface area contributed by atoms with Gasteiger partial charge in [-0.15, -0.1) is 0 Å². The van der Waals surface area contributed by atoms with Crippen molar-refractivity contribution in [2.24, 2.45) is 0 Å². The Balaban J connectivity index is 2.44. The first-order chi connectivity index (χ1) is 9.61. The molecule has 0 spiro atoms. The van der Waals surface area contributed by atoms with Gasteiger partial charge in [0.25, 0.3) is 0 Å². The first-order valence-electron chi connectivity index (χ1n) is 6.71. The molecule has 2 aromatic rings. The van der Waals surface area contributed by atoms with Crippen molar-refractivity contribution < 1.29 is 0 Å². The predicted octanol–water partition coefficient (Wildman–Crippen LogP) is 5.00. The molecule has 2 rings (SSSR count). The van der Waals surface area contributed by atoms with E-state index in [1.165, 1.54) is 16.7 Å². The molecule has 2 nitrogen and oxygen atoms in total. The third kappa shape index (κ3) is 3.90. The minimum Gasteiger partial charge on any atom is -0.306 e. The first kappa shape index (κ1) is 15.7. The van der Waals surface area contributed by atoms with Gasteiger partial charge < -0.3 is 5.32 Å². The van der Waals surface area contributed by atoms with Crippen molar-refractivity contribution >= 4 is 31.9 Å². The Morgan fingerprint density at radius 1 is 1.20 bits per heavy atom. The van der Waals surface area contributed by atoms with Crippen LogP contribution in [0.1, 0.15) is 36.1 Å². The molecule has 0 aliphatic heterocycles. The van der Waals surface area contributed by atoms with E-state index in [0.29, 0.717) is 0 Å². The Kier molecular flexibility index (Phi) is 5.75. The summed E-state index contributed by atoms with van der Waals surface area (Å²) in [6.07, 6.45) is 4.92. The largest absolute Gasteiger partial charge is 0.306 e. The standard InChI is InChI=1S/C16H18Br2N2/c1-3-6-20-16(12-7-11(2)9-19-10-12)14-8-13(17)4-5-15(14)18/h4-5,7-10,16,20H,3,6H2,1-2H3. The number of nitrogens with one attached hydrogen (secondary N) is 1. The van der Waals surface area contributed by atoms with Gasteiger partial charge in [0.1, 0.15) is 0 Å². The van der Waals surface area contributed by atoms with Crippen LogP contribution in [0.5, 0.6) is 0 Å². The second kappa shape index (κ2) is 7.34. The van der Waals surface area contributed by atoms with Gasteiger partial charge in [0.15, 0.2) is 0 Å². The predicted molar refractivity (Wildman–Crippen MR) is 91.0 cm³/mol. The lowest BCUT2D eigenvalue weighted by Gasteiger charge is -2.21. The molecule has 1 aromatic carbocycles. The van der Waals surface area contributed by atoms with Crippen molar-refractivity contribution in [3.8, 4) is 0 Å². The molecule has 1 unspecified atom stereocenters. The summed E-state index contributed by atoms with van der Waals surface area (Å²) >= 11 is 7.21. The maximum Gasteiger partial charge on any atom is 0.0603 e. The van der Waals surface area contributed by atoms with Crippen molar-refractivity contribution in [1.29, 1.82) is 0 Å². The molecule has 0 fully saturated rings. The van der Waals surface area contributed by atoms with Gasteiger partial charge in [-0.25, -0.2) is 0 Å². The number of hydrogen-bond acceptors (Lipinski definition) is 2. The zero-order valence-corrected chi connectivity index (χ0v) is 14.8. The number of benzene rings is 1. The van der Waals surface area contributed by atoms with E-state index in [1.807, 2.05) is 18.5 Å². The molecular weight excluding hydrogens is 380 g/mol. The van der Waals surface area contributed by atoms with Crippen molar-refractivity contribution in [1.82, 2.24) is 10.3 Å². The van der Waals surface area contributed by atoms with Gasteiger partial charge in [-0.05, 0) is 54.8 Å². The van der Waals surface area contributed by atoms with E-state index >= 15 is 0 Å². The number of halogens is 2. The average molecular weight is 398 g/mol. The summed E-state index contributed by atoms with van der Waals surface area (Å²) in [5.41, 5.74) is 3.59. The molecule has 1 aromatic heterocycles. The second-order valence-electron chi connectivity index (χ2n) is 4.85. The summed E-state index contributed by atoms with van der Waals surface area (Å²) in [6, 6.07) is 8.60. The zero-order valence-electron chi connectivity index (χ0n) is 11.7. The SMILES string of the molecule is CCCNC(c1cncc(C)c1)c1cc(Br)ccc1Br. The van der Waals surface area contributed by atoms with Gasteiger partial charge in [0.2, 0.25) is 0 Å². The lowest BCUT2D eigenvalue weighted by molar-refractivity contribution is 0.595. The molecule has 0 bridgehead atoms. The van der Waals surface area contributed by atoms with Crippen LogP contribution in [0.15, 0.2) is 45.6 Å². The Labute approximate surface area is 137 Å². The van der Waals surface area contributed by atoms with Crippen LogP contribution in [0.3, 0.4) is 0 Å². The van der Waals surface area contributed by atoms with Crippen LogP contribution >= 0.6 is 31.9 Å². The first-order valence-corrected chi connectivity index (χ1v) is 8.30. The smallest absolute Gasteiger partial charge is 0.0603 e. The van der Waals surface area contributed by atoms with E-state index < -0.39 is 0 Å². The number of pyridine rings is 1. The normalized spacial score (nSPS) is 12.4. The lowest BCUT2D eigenvalue weighted by Crippen LogP contribution is -2.23. The molecule has 1 N–H and O–H groups in total. The fraction of sp³-hybridized carbons (Fsp3) is 0.312. The zero-order chi connectivity index (χ0) is 14.5. The molecule has 1 heterocycles. The third-order valence-electron chi connectivity index (χ3n) is 3.10. The summed E-state index contributed by atoms with van der Waals surface area (Å²) in [4.78, 5) is 4.32. The van der Waals surface area contributed by atoms with Crippen molar-refractivity contribution in [2.75, 3.05) is 6.54 Å². The number of hydrogen-bond donors (Lipinski definition) is 1. The van der Waals surface area contributed by atoms with Crippen LogP contribution < -0.4 is 5.32 Å². The molecule has 4 heteroatoms. The summed E-state index contributed by atoms with van der Waals surface area (Å²) in [7, 11) is 0. The van der Waals surface area contributed by atoms with Crippen LogP contribution in [0.4, 0.5) is 0 Å². The summed E-state index contributed by atoms with van der Waals surface area (Å²) in [6.45, 7) is 5.22.